The van der Waals surface area contributed by atoms with Gasteiger partial charge in [0.1, 0.15) is 7.14 Å². The van der Waals surface area contributed by atoms with Gasteiger partial charge in [-0.15, -0.1) is 11.3 Å². The average Bonchev–Trinajstić information content (AvgIpc) is 3.20. The Kier molecular flexibility index (Phi) is 7.08. The number of aromatic nitrogens is 1. The third-order valence-corrected chi connectivity index (χ3v) is 7.24. The normalized spacial score (nSPS) is 11.2. The van der Waals surface area contributed by atoms with Crippen molar-refractivity contribution in [3.63, 3.8) is 0 Å². The number of rotatable bonds is 7. The summed E-state index contributed by atoms with van der Waals surface area (Å²) in [5.41, 5.74) is 4.29. The maximum Gasteiger partial charge on any atom is 0.251 e. The van der Waals surface area contributed by atoms with E-state index in [9.17, 15) is 14.2 Å². The molecule has 0 saturated heterocycles. The maximum absolute atomic E-state index is 12.4. The Labute approximate surface area is 186 Å². The van der Waals surface area contributed by atoms with Crippen LogP contribution in [-0.2, 0) is 15.8 Å². The molecule has 0 unspecified atom stereocenters. The summed E-state index contributed by atoms with van der Waals surface area (Å²) in [7, 11) is -2.50. The molecule has 0 saturated carbocycles. The number of nitrogens with one attached hydrogen (secondary N) is 2. The number of hydrogen-bond donors (Lipinski definition) is 2. The van der Waals surface area contributed by atoms with E-state index in [4.69, 9.17) is 0 Å². The van der Waals surface area contributed by atoms with Crippen LogP contribution in [0.2, 0.25) is 0 Å². The number of thiazole rings is 1. The lowest BCUT2D eigenvalue weighted by atomic mass is 10.1. The van der Waals surface area contributed by atoms with E-state index in [0.29, 0.717) is 16.0 Å². The molecule has 0 aliphatic heterocycles. The highest BCUT2D eigenvalue weighted by molar-refractivity contribution is 7.70. The first-order valence-corrected chi connectivity index (χ1v) is 13.4. The Hall–Kier alpha value is -2.76. The van der Waals surface area contributed by atoms with Crippen LogP contribution in [0, 0.1) is 6.92 Å². The van der Waals surface area contributed by atoms with Crippen LogP contribution in [0.15, 0.2) is 47.8 Å². The Morgan fingerprint density at radius 2 is 1.90 bits per heavy atom. The van der Waals surface area contributed by atoms with Crippen molar-refractivity contribution >= 4 is 40.7 Å². The number of hydrogen-bond acceptors (Lipinski definition) is 5. The van der Waals surface area contributed by atoms with Crippen molar-refractivity contribution in [3.05, 3.63) is 64.5 Å². The minimum atomic E-state index is -2.50. The van der Waals surface area contributed by atoms with Crippen LogP contribution < -0.4 is 15.9 Å². The van der Waals surface area contributed by atoms with Crippen LogP contribution in [0.3, 0.4) is 0 Å². The van der Waals surface area contributed by atoms with Crippen LogP contribution in [0.5, 0.6) is 0 Å². The monoisotopic (exact) mass is 455 g/mol. The first-order chi connectivity index (χ1) is 14.7. The number of benzene rings is 2. The van der Waals surface area contributed by atoms with Crippen LogP contribution in [-0.4, -0.2) is 36.7 Å². The highest BCUT2D eigenvalue weighted by atomic mass is 32.1. The van der Waals surface area contributed by atoms with E-state index < -0.39 is 7.14 Å². The van der Waals surface area contributed by atoms with Crippen LogP contribution in [0.4, 0.5) is 5.13 Å². The molecule has 0 spiro atoms. The lowest BCUT2D eigenvalue weighted by Crippen LogP contribution is -2.33. The van der Waals surface area contributed by atoms with Gasteiger partial charge in [-0.05, 0) is 56.0 Å². The third kappa shape index (κ3) is 5.90. The second kappa shape index (κ2) is 9.58. The Morgan fingerprint density at radius 3 is 2.61 bits per heavy atom. The number of aryl methyl sites for hydroxylation is 2. The molecule has 8 heteroatoms. The molecular formula is C23H26N3O3PS. The fourth-order valence-corrected chi connectivity index (χ4v) is 5.28. The summed E-state index contributed by atoms with van der Waals surface area (Å²) in [5, 5.41) is 8.37. The molecule has 31 heavy (non-hydrogen) atoms. The standard InChI is InChI=1S/C23H26N3O3PS/c1-5-16-7-6-8-17(11-16)19-14-31-23(25-19)26-21(27)13-24-22(28)18-10-9-15(2)20(12-18)30(3,4)29/h6-12,14H,5,13H2,1-4H3,(H,24,28)(H,25,26,27). The predicted molar refractivity (Wildman–Crippen MR) is 128 cm³/mol. The number of nitrogens with zero attached hydrogens (tertiary/aromatic N) is 1. The summed E-state index contributed by atoms with van der Waals surface area (Å²) in [6, 6.07) is 13.2. The molecule has 0 aliphatic rings. The molecule has 2 amide bonds. The van der Waals surface area contributed by atoms with E-state index in [1.165, 1.54) is 16.9 Å². The molecule has 162 valence electrons. The van der Waals surface area contributed by atoms with Gasteiger partial charge in [-0.1, -0.05) is 31.2 Å². The second-order valence-corrected chi connectivity index (χ2v) is 11.7. The van der Waals surface area contributed by atoms with E-state index in [0.717, 1.165) is 23.2 Å². The van der Waals surface area contributed by atoms with E-state index in [-0.39, 0.29) is 18.4 Å². The lowest BCUT2D eigenvalue weighted by Gasteiger charge is -2.12. The molecule has 0 bridgehead atoms. The van der Waals surface area contributed by atoms with E-state index in [1.807, 2.05) is 24.4 Å². The van der Waals surface area contributed by atoms with Gasteiger partial charge in [0.05, 0.1) is 12.2 Å². The molecule has 3 rings (SSSR count). The van der Waals surface area contributed by atoms with Gasteiger partial charge >= 0.3 is 0 Å². The zero-order valence-electron chi connectivity index (χ0n) is 18.1. The quantitative estimate of drug-likeness (QED) is 0.520. The van der Waals surface area contributed by atoms with Crippen molar-refractivity contribution in [2.24, 2.45) is 0 Å². The lowest BCUT2D eigenvalue weighted by molar-refractivity contribution is -0.115. The number of carbonyl (C=O) groups is 2. The first kappa shape index (κ1) is 22.9. The van der Waals surface area contributed by atoms with Crippen molar-refractivity contribution < 1.29 is 14.2 Å². The number of anilines is 1. The summed E-state index contributed by atoms with van der Waals surface area (Å²) in [5.74, 6) is -0.749. The Bertz CT molecular complexity index is 1170. The maximum atomic E-state index is 12.4. The highest BCUT2D eigenvalue weighted by Crippen LogP contribution is 2.36. The summed E-state index contributed by atoms with van der Waals surface area (Å²) >= 11 is 1.34. The molecule has 0 aliphatic carbocycles. The van der Waals surface area contributed by atoms with Crippen LogP contribution in [0.1, 0.15) is 28.4 Å². The SMILES string of the molecule is CCc1cccc(-c2csc(NC(=O)CNC(=O)c3ccc(C)c(P(C)(C)=O)c3)n2)c1. The summed E-state index contributed by atoms with van der Waals surface area (Å²) in [4.78, 5) is 29.2. The smallest absolute Gasteiger partial charge is 0.251 e. The van der Waals surface area contributed by atoms with Crippen LogP contribution in [0.25, 0.3) is 11.3 Å². The van der Waals surface area contributed by atoms with E-state index >= 15 is 0 Å². The van der Waals surface area contributed by atoms with Gasteiger partial charge in [0.15, 0.2) is 5.13 Å². The summed E-state index contributed by atoms with van der Waals surface area (Å²) in [6.07, 6.45) is 0.942. The largest absolute Gasteiger partial charge is 0.343 e. The topological polar surface area (TPSA) is 88.2 Å². The molecule has 3 aromatic rings. The molecule has 2 N–H and O–H groups in total. The molecular weight excluding hydrogens is 429 g/mol. The zero-order valence-corrected chi connectivity index (χ0v) is 19.8. The van der Waals surface area contributed by atoms with Gasteiger partial charge in [-0.2, -0.15) is 0 Å². The van der Waals surface area contributed by atoms with Gasteiger partial charge in [0, 0.05) is 21.8 Å². The summed E-state index contributed by atoms with van der Waals surface area (Å²) in [6.45, 7) is 7.13. The number of amides is 2. The van der Waals surface area contributed by atoms with Gasteiger partial charge in [0.2, 0.25) is 5.91 Å². The van der Waals surface area contributed by atoms with Crippen molar-refractivity contribution in [1.82, 2.24) is 10.3 Å². The fraction of sp³-hybridized carbons (Fsp3) is 0.261. The fourth-order valence-electron chi connectivity index (χ4n) is 3.17. The summed E-state index contributed by atoms with van der Waals surface area (Å²) < 4.78 is 12.4. The average molecular weight is 456 g/mol. The number of carbonyl (C=O) groups excluding carboxylic acids is 2. The Balaban J connectivity index is 1.60. The molecule has 0 fully saturated rings. The first-order valence-electron chi connectivity index (χ1n) is 9.96. The molecule has 2 aromatic carbocycles. The molecule has 1 heterocycles. The van der Waals surface area contributed by atoms with Crippen molar-refractivity contribution in [2.45, 2.75) is 20.3 Å². The molecule has 6 nitrogen and oxygen atoms in total. The van der Waals surface area contributed by atoms with Gasteiger partial charge in [-0.3, -0.25) is 9.59 Å². The van der Waals surface area contributed by atoms with E-state index in [1.54, 1.807) is 31.5 Å². The molecule has 1 aromatic heterocycles. The van der Waals surface area contributed by atoms with Gasteiger partial charge in [-0.25, -0.2) is 4.98 Å². The minimum Gasteiger partial charge on any atom is -0.343 e. The van der Waals surface area contributed by atoms with Crippen molar-refractivity contribution in [2.75, 3.05) is 25.2 Å². The Morgan fingerprint density at radius 1 is 1.13 bits per heavy atom. The highest BCUT2D eigenvalue weighted by Gasteiger charge is 2.17. The zero-order chi connectivity index (χ0) is 22.6. The van der Waals surface area contributed by atoms with Crippen LogP contribution >= 0.6 is 18.5 Å². The van der Waals surface area contributed by atoms with Crippen molar-refractivity contribution in [3.8, 4) is 11.3 Å². The van der Waals surface area contributed by atoms with Crippen molar-refractivity contribution in [1.29, 1.82) is 0 Å². The molecule has 0 atom stereocenters. The third-order valence-electron chi connectivity index (χ3n) is 4.84. The van der Waals surface area contributed by atoms with E-state index in [2.05, 4.69) is 34.7 Å². The minimum absolute atomic E-state index is 0.182. The van der Waals surface area contributed by atoms with Gasteiger partial charge < -0.3 is 15.2 Å². The predicted octanol–water partition coefficient (Wildman–Crippen LogP) is 4.30. The second-order valence-electron chi connectivity index (χ2n) is 7.67. The van der Waals surface area contributed by atoms with Gasteiger partial charge in [0.25, 0.3) is 5.91 Å². The molecule has 0 radical (unpaired) electrons.